The van der Waals surface area contributed by atoms with Crippen molar-refractivity contribution in [1.29, 1.82) is 0 Å². The zero-order valence-electron chi connectivity index (χ0n) is 9.09. The first-order valence-corrected chi connectivity index (χ1v) is 4.86. The lowest BCUT2D eigenvalue weighted by atomic mass is 9.92. The number of hydrogen-bond acceptors (Lipinski definition) is 2. The maximum absolute atomic E-state index is 9.90. The van der Waals surface area contributed by atoms with Gasteiger partial charge in [-0.2, -0.15) is 0 Å². The van der Waals surface area contributed by atoms with Crippen LogP contribution in [0.2, 0.25) is 0 Å². The zero-order chi connectivity index (χ0) is 10.5. The summed E-state index contributed by atoms with van der Waals surface area (Å²) >= 11 is 0. The van der Waals surface area contributed by atoms with E-state index in [9.17, 15) is 5.11 Å². The van der Waals surface area contributed by atoms with Crippen LogP contribution in [0.25, 0.3) is 0 Å². The van der Waals surface area contributed by atoms with Gasteiger partial charge in [0.2, 0.25) is 0 Å². The number of rotatable bonds is 5. The molecule has 0 aliphatic rings. The lowest BCUT2D eigenvalue weighted by molar-refractivity contribution is 0.0130. The Morgan fingerprint density at radius 3 is 2.38 bits per heavy atom. The van der Waals surface area contributed by atoms with Gasteiger partial charge in [-0.1, -0.05) is 26.7 Å². The molecule has 13 heavy (non-hydrogen) atoms. The molecule has 0 saturated heterocycles. The van der Waals surface area contributed by atoms with Gasteiger partial charge in [-0.3, -0.25) is 0 Å². The van der Waals surface area contributed by atoms with E-state index < -0.39 is 5.60 Å². The molecular formula is C11H21NO. The highest BCUT2D eigenvalue weighted by Gasteiger charge is 2.24. The Bertz CT molecular complexity index is 179. The lowest BCUT2D eigenvalue weighted by Gasteiger charge is -2.29. The first-order valence-electron chi connectivity index (χ1n) is 4.86. The van der Waals surface area contributed by atoms with Crippen molar-refractivity contribution in [3.8, 4) is 12.3 Å². The summed E-state index contributed by atoms with van der Waals surface area (Å²) in [5.41, 5.74) is -0.676. The van der Waals surface area contributed by atoms with E-state index >= 15 is 0 Å². The highest BCUT2D eigenvalue weighted by molar-refractivity contribution is 4.99. The zero-order valence-corrected chi connectivity index (χ0v) is 9.09. The molecule has 0 aliphatic carbocycles. The van der Waals surface area contributed by atoms with E-state index in [0.717, 1.165) is 6.42 Å². The minimum absolute atomic E-state index is 0.0743. The second kappa shape index (κ2) is 5.26. The van der Waals surface area contributed by atoms with E-state index in [4.69, 9.17) is 6.42 Å². The third-order valence-electron chi connectivity index (χ3n) is 2.56. The van der Waals surface area contributed by atoms with Gasteiger partial charge in [-0.15, -0.1) is 6.42 Å². The maximum Gasteiger partial charge on any atom is 0.0766 e. The molecule has 0 bridgehead atoms. The average molecular weight is 183 g/mol. The number of hydrogen-bond donors (Lipinski definition) is 2. The van der Waals surface area contributed by atoms with Gasteiger partial charge in [0, 0.05) is 6.54 Å². The Kier molecular flexibility index (Phi) is 5.05. The van der Waals surface area contributed by atoms with Gasteiger partial charge >= 0.3 is 0 Å². The van der Waals surface area contributed by atoms with E-state index in [1.807, 2.05) is 27.7 Å². The first-order chi connectivity index (χ1) is 5.94. The van der Waals surface area contributed by atoms with Crippen LogP contribution >= 0.6 is 0 Å². The van der Waals surface area contributed by atoms with Crippen LogP contribution in [-0.2, 0) is 0 Å². The van der Waals surface area contributed by atoms with Crippen molar-refractivity contribution < 1.29 is 5.11 Å². The molecule has 0 aromatic carbocycles. The number of aliphatic hydroxyl groups is 1. The summed E-state index contributed by atoms with van der Waals surface area (Å²) in [5, 5.41) is 13.1. The van der Waals surface area contributed by atoms with E-state index in [0.29, 0.717) is 6.54 Å². The minimum Gasteiger partial charge on any atom is -0.389 e. The fourth-order valence-corrected chi connectivity index (χ4v) is 0.855. The quantitative estimate of drug-likeness (QED) is 0.631. The lowest BCUT2D eigenvalue weighted by Crippen LogP contribution is -2.45. The van der Waals surface area contributed by atoms with Gasteiger partial charge in [0.1, 0.15) is 0 Å². The summed E-state index contributed by atoms with van der Waals surface area (Å²) in [5.74, 6) is 2.87. The molecule has 0 amide bonds. The topological polar surface area (TPSA) is 32.3 Å². The van der Waals surface area contributed by atoms with Crippen LogP contribution in [0.1, 0.15) is 34.1 Å². The first kappa shape index (κ1) is 12.5. The molecule has 2 unspecified atom stereocenters. The number of nitrogens with one attached hydrogen (secondary N) is 1. The predicted molar refractivity (Wildman–Crippen MR) is 56.4 cm³/mol. The smallest absolute Gasteiger partial charge is 0.0766 e. The molecule has 0 radical (unpaired) electrons. The Hall–Kier alpha value is -0.520. The van der Waals surface area contributed by atoms with E-state index in [2.05, 4.69) is 11.2 Å². The SMILES string of the molecule is C#CC(CC)NCC(C)(O)C(C)C. The summed E-state index contributed by atoms with van der Waals surface area (Å²) in [6.45, 7) is 8.40. The normalized spacial score (nSPS) is 17.9. The molecule has 0 fully saturated rings. The number of terminal acetylenes is 1. The molecule has 0 rings (SSSR count). The standard InChI is InChI=1S/C11H21NO/c1-6-10(7-2)12-8-11(5,13)9(3)4/h1,9-10,12-13H,7-8H2,2-5H3. The fourth-order valence-electron chi connectivity index (χ4n) is 0.855. The molecule has 76 valence electrons. The van der Waals surface area contributed by atoms with Crippen LogP contribution in [0.4, 0.5) is 0 Å². The van der Waals surface area contributed by atoms with Gasteiger partial charge in [0.05, 0.1) is 11.6 Å². The van der Waals surface area contributed by atoms with Gasteiger partial charge in [0.25, 0.3) is 0 Å². The Morgan fingerprint density at radius 1 is 1.54 bits per heavy atom. The summed E-state index contributed by atoms with van der Waals surface area (Å²) in [4.78, 5) is 0. The van der Waals surface area contributed by atoms with Gasteiger partial charge in [-0.05, 0) is 19.3 Å². The molecule has 0 saturated carbocycles. The van der Waals surface area contributed by atoms with Crippen molar-refractivity contribution in [3.63, 3.8) is 0 Å². The molecule has 2 nitrogen and oxygen atoms in total. The molecular weight excluding hydrogens is 162 g/mol. The molecule has 0 aliphatic heterocycles. The van der Waals surface area contributed by atoms with Gasteiger partial charge < -0.3 is 10.4 Å². The molecule has 0 aromatic rings. The highest BCUT2D eigenvalue weighted by Crippen LogP contribution is 2.14. The van der Waals surface area contributed by atoms with Crippen LogP contribution in [0, 0.1) is 18.3 Å². The monoisotopic (exact) mass is 183 g/mol. The predicted octanol–water partition coefficient (Wildman–Crippen LogP) is 1.39. The Labute approximate surface area is 81.7 Å². The van der Waals surface area contributed by atoms with Crippen LogP contribution < -0.4 is 5.32 Å². The molecule has 0 aromatic heterocycles. The van der Waals surface area contributed by atoms with Crippen LogP contribution in [0.3, 0.4) is 0 Å². The molecule has 2 heteroatoms. The Morgan fingerprint density at radius 2 is 2.08 bits per heavy atom. The second-order valence-corrected chi connectivity index (χ2v) is 4.02. The van der Waals surface area contributed by atoms with Crippen molar-refractivity contribution in [2.24, 2.45) is 5.92 Å². The summed E-state index contributed by atoms with van der Waals surface area (Å²) in [6.07, 6.45) is 6.19. The van der Waals surface area contributed by atoms with Crippen molar-refractivity contribution >= 4 is 0 Å². The largest absolute Gasteiger partial charge is 0.389 e. The second-order valence-electron chi connectivity index (χ2n) is 4.02. The fraction of sp³-hybridized carbons (Fsp3) is 0.818. The van der Waals surface area contributed by atoms with Gasteiger partial charge in [-0.25, -0.2) is 0 Å². The maximum atomic E-state index is 9.90. The van der Waals surface area contributed by atoms with E-state index in [1.165, 1.54) is 0 Å². The molecule has 2 N–H and O–H groups in total. The average Bonchev–Trinajstić information content (AvgIpc) is 2.06. The molecule has 0 spiro atoms. The van der Waals surface area contributed by atoms with E-state index in [1.54, 1.807) is 0 Å². The van der Waals surface area contributed by atoms with Crippen molar-refractivity contribution in [2.45, 2.75) is 45.8 Å². The van der Waals surface area contributed by atoms with Crippen molar-refractivity contribution in [3.05, 3.63) is 0 Å². The van der Waals surface area contributed by atoms with Crippen molar-refractivity contribution in [2.75, 3.05) is 6.54 Å². The third kappa shape index (κ3) is 4.31. The summed E-state index contributed by atoms with van der Waals surface area (Å²) in [6, 6.07) is 0.0743. The van der Waals surface area contributed by atoms with Crippen LogP contribution in [-0.4, -0.2) is 23.3 Å². The highest BCUT2D eigenvalue weighted by atomic mass is 16.3. The van der Waals surface area contributed by atoms with E-state index in [-0.39, 0.29) is 12.0 Å². The molecule has 0 heterocycles. The minimum atomic E-state index is -0.676. The molecule has 2 atom stereocenters. The van der Waals surface area contributed by atoms with Crippen LogP contribution in [0.5, 0.6) is 0 Å². The van der Waals surface area contributed by atoms with Crippen LogP contribution in [0.15, 0.2) is 0 Å². The van der Waals surface area contributed by atoms with Gasteiger partial charge in [0.15, 0.2) is 0 Å². The Balaban J connectivity index is 3.94. The summed E-state index contributed by atoms with van der Waals surface area (Å²) < 4.78 is 0. The van der Waals surface area contributed by atoms with Crippen molar-refractivity contribution in [1.82, 2.24) is 5.32 Å². The third-order valence-corrected chi connectivity index (χ3v) is 2.56. The summed E-state index contributed by atoms with van der Waals surface area (Å²) in [7, 11) is 0.